The Morgan fingerprint density at radius 2 is 1.91 bits per heavy atom. The number of benzene rings is 2. The molecule has 0 spiro atoms. The lowest BCUT2D eigenvalue weighted by molar-refractivity contribution is -0.137. The van der Waals surface area contributed by atoms with Crippen LogP contribution in [0.25, 0.3) is 0 Å². The van der Waals surface area contributed by atoms with Gasteiger partial charge in [0.05, 0.1) is 17.2 Å². The molecule has 6 heteroatoms. The third-order valence-corrected chi connectivity index (χ3v) is 3.48. The van der Waals surface area contributed by atoms with Crippen molar-refractivity contribution in [2.75, 3.05) is 0 Å². The molecule has 22 heavy (non-hydrogen) atoms. The zero-order valence-electron chi connectivity index (χ0n) is 11.1. The van der Waals surface area contributed by atoms with Crippen LogP contribution in [0.1, 0.15) is 28.4 Å². The molecule has 0 aliphatic carbocycles. The fraction of sp³-hybridized carbons (Fsp3) is 0.188. The Kier molecular flexibility index (Phi) is 3.28. The number of fused-ring (bicyclic) bond motifs is 1. The van der Waals surface area contributed by atoms with Gasteiger partial charge in [0.2, 0.25) is 0 Å². The van der Waals surface area contributed by atoms with Gasteiger partial charge in [0.1, 0.15) is 17.7 Å². The molecule has 112 valence electrons. The van der Waals surface area contributed by atoms with Gasteiger partial charge in [-0.05, 0) is 47.5 Å². The lowest BCUT2D eigenvalue weighted by Gasteiger charge is -2.11. The highest BCUT2D eigenvalue weighted by Gasteiger charge is 2.33. The Morgan fingerprint density at radius 1 is 1.14 bits per heavy atom. The van der Waals surface area contributed by atoms with Gasteiger partial charge in [-0.2, -0.15) is 18.4 Å². The van der Waals surface area contributed by atoms with E-state index in [1.165, 1.54) is 18.2 Å². The van der Waals surface area contributed by atoms with E-state index in [1.54, 1.807) is 0 Å². The predicted molar refractivity (Wildman–Crippen MR) is 69.6 cm³/mol. The van der Waals surface area contributed by atoms with E-state index < -0.39 is 23.7 Å². The van der Waals surface area contributed by atoms with E-state index in [1.807, 2.05) is 6.07 Å². The highest BCUT2D eigenvalue weighted by Crippen LogP contribution is 2.40. The summed E-state index contributed by atoms with van der Waals surface area (Å²) in [7, 11) is 0. The minimum absolute atomic E-state index is 0.144. The zero-order valence-corrected chi connectivity index (χ0v) is 11.1. The lowest BCUT2D eigenvalue weighted by Crippen LogP contribution is -2.05. The summed E-state index contributed by atoms with van der Waals surface area (Å²) in [5, 5.41) is 8.85. The quantitative estimate of drug-likeness (QED) is 0.732. The first-order valence-corrected chi connectivity index (χ1v) is 6.44. The summed E-state index contributed by atoms with van der Waals surface area (Å²) in [6, 6.07) is 8.89. The van der Waals surface area contributed by atoms with Crippen LogP contribution < -0.4 is 4.74 Å². The number of halogens is 4. The third-order valence-electron chi connectivity index (χ3n) is 3.48. The first kappa shape index (κ1) is 14.4. The second-order valence-electron chi connectivity index (χ2n) is 5.02. The molecule has 0 radical (unpaired) electrons. The molecule has 0 fully saturated rings. The molecular formula is C16H9F4NO. The third kappa shape index (κ3) is 2.62. The Balaban J connectivity index is 1.92. The van der Waals surface area contributed by atoms with Crippen LogP contribution in [0.2, 0.25) is 0 Å². The molecule has 3 rings (SSSR count). The summed E-state index contributed by atoms with van der Waals surface area (Å²) >= 11 is 0. The summed E-state index contributed by atoms with van der Waals surface area (Å²) in [5.74, 6) is -0.231. The normalized spacial score (nSPS) is 16.8. The van der Waals surface area contributed by atoms with Crippen molar-refractivity contribution in [1.29, 1.82) is 5.26 Å². The molecule has 0 bridgehead atoms. The Labute approximate surface area is 123 Å². The molecule has 0 saturated heterocycles. The number of rotatable bonds is 1. The smallest absolute Gasteiger partial charge is 0.416 e. The standard InChI is InChI=1S/C16H9F4NO/c17-13-4-9(8-21)3-10(6-13)15-7-11-5-12(16(18,19)20)1-2-14(11)22-15/h1-6,15H,7H2/t15-/m0/s1. The van der Waals surface area contributed by atoms with E-state index in [0.717, 1.165) is 18.2 Å². The van der Waals surface area contributed by atoms with Crippen molar-refractivity contribution in [1.82, 2.24) is 0 Å². The van der Waals surface area contributed by atoms with Crippen molar-refractivity contribution in [2.24, 2.45) is 0 Å². The van der Waals surface area contributed by atoms with Gasteiger partial charge < -0.3 is 4.74 Å². The molecule has 0 N–H and O–H groups in total. The molecule has 0 unspecified atom stereocenters. The molecule has 1 heterocycles. The number of hydrogen-bond donors (Lipinski definition) is 0. The maximum absolute atomic E-state index is 13.5. The molecule has 2 aromatic carbocycles. The molecule has 0 saturated carbocycles. The van der Waals surface area contributed by atoms with E-state index in [2.05, 4.69) is 0 Å². The summed E-state index contributed by atoms with van der Waals surface area (Å²) in [5.41, 5.74) is 0.252. The van der Waals surface area contributed by atoms with E-state index in [9.17, 15) is 17.6 Å². The van der Waals surface area contributed by atoms with Crippen molar-refractivity contribution in [3.05, 3.63) is 64.5 Å². The monoisotopic (exact) mass is 307 g/mol. The van der Waals surface area contributed by atoms with Crippen molar-refractivity contribution in [3.63, 3.8) is 0 Å². The van der Waals surface area contributed by atoms with Crippen LogP contribution in [0.5, 0.6) is 5.75 Å². The second-order valence-corrected chi connectivity index (χ2v) is 5.02. The largest absolute Gasteiger partial charge is 0.485 e. The lowest BCUT2D eigenvalue weighted by atomic mass is 10.0. The summed E-state index contributed by atoms with van der Waals surface area (Å²) in [6.07, 6.45) is -4.81. The average Bonchev–Trinajstić information content (AvgIpc) is 2.88. The molecule has 2 aromatic rings. The van der Waals surface area contributed by atoms with E-state index in [4.69, 9.17) is 10.00 Å². The topological polar surface area (TPSA) is 33.0 Å². The summed E-state index contributed by atoms with van der Waals surface area (Å²) in [6.45, 7) is 0. The van der Waals surface area contributed by atoms with Crippen LogP contribution in [0.3, 0.4) is 0 Å². The van der Waals surface area contributed by atoms with Gasteiger partial charge in [0, 0.05) is 6.42 Å². The van der Waals surface area contributed by atoms with Crippen molar-refractivity contribution in [2.45, 2.75) is 18.7 Å². The molecule has 0 aromatic heterocycles. The van der Waals surface area contributed by atoms with Crippen LogP contribution in [0.15, 0.2) is 36.4 Å². The molecule has 2 nitrogen and oxygen atoms in total. The van der Waals surface area contributed by atoms with Crippen LogP contribution in [-0.4, -0.2) is 0 Å². The van der Waals surface area contributed by atoms with Crippen LogP contribution in [-0.2, 0) is 12.6 Å². The Bertz CT molecular complexity index is 777. The van der Waals surface area contributed by atoms with E-state index in [-0.39, 0.29) is 12.0 Å². The van der Waals surface area contributed by atoms with Gasteiger partial charge in [0.15, 0.2) is 0 Å². The number of nitrogens with zero attached hydrogens (tertiary/aromatic N) is 1. The minimum Gasteiger partial charge on any atom is -0.485 e. The second kappa shape index (κ2) is 5.02. The van der Waals surface area contributed by atoms with Gasteiger partial charge in [-0.15, -0.1) is 0 Å². The van der Waals surface area contributed by atoms with Crippen molar-refractivity contribution < 1.29 is 22.3 Å². The van der Waals surface area contributed by atoms with Gasteiger partial charge in [-0.25, -0.2) is 4.39 Å². The van der Waals surface area contributed by atoms with Crippen LogP contribution in [0.4, 0.5) is 17.6 Å². The Morgan fingerprint density at radius 3 is 2.59 bits per heavy atom. The maximum atomic E-state index is 13.5. The zero-order chi connectivity index (χ0) is 15.9. The van der Waals surface area contributed by atoms with Crippen LogP contribution >= 0.6 is 0 Å². The van der Waals surface area contributed by atoms with E-state index in [0.29, 0.717) is 16.9 Å². The first-order valence-electron chi connectivity index (χ1n) is 6.44. The molecular weight excluding hydrogens is 298 g/mol. The minimum atomic E-state index is -4.42. The fourth-order valence-electron chi connectivity index (χ4n) is 2.47. The first-order chi connectivity index (χ1) is 10.4. The van der Waals surface area contributed by atoms with E-state index >= 15 is 0 Å². The maximum Gasteiger partial charge on any atom is 0.416 e. The highest BCUT2D eigenvalue weighted by molar-refractivity contribution is 5.44. The van der Waals surface area contributed by atoms with Gasteiger partial charge >= 0.3 is 6.18 Å². The van der Waals surface area contributed by atoms with Gasteiger partial charge in [-0.1, -0.05) is 0 Å². The van der Waals surface area contributed by atoms with Crippen molar-refractivity contribution >= 4 is 0 Å². The number of alkyl halides is 3. The predicted octanol–water partition coefficient (Wildman–Crippen LogP) is 4.39. The molecule has 1 atom stereocenters. The summed E-state index contributed by atoms with van der Waals surface area (Å²) in [4.78, 5) is 0. The Hall–Kier alpha value is -2.55. The molecule has 1 aliphatic rings. The molecule has 1 aliphatic heterocycles. The van der Waals surface area contributed by atoms with Gasteiger partial charge in [-0.3, -0.25) is 0 Å². The van der Waals surface area contributed by atoms with Gasteiger partial charge in [0.25, 0.3) is 0 Å². The average molecular weight is 307 g/mol. The summed E-state index contributed by atoms with van der Waals surface area (Å²) < 4.78 is 57.1. The number of hydrogen-bond acceptors (Lipinski definition) is 2. The highest BCUT2D eigenvalue weighted by atomic mass is 19.4. The number of nitriles is 1. The van der Waals surface area contributed by atoms with Crippen molar-refractivity contribution in [3.8, 4) is 11.8 Å². The molecule has 0 amide bonds. The number of ether oxygens (including phenoxy) is 1. The van der Waals surface area contributed by atoms with Crippen LogP contribution in [0, 0.1) is 17.1 Å². The SMILES string of the molecule is N#Cc1cc(F)cc([C@@H]2Cc3cc(C(F)(F)F)ccc3O2)c1. The fourth-order valence-corrected chi connectivity index (χ4v) is 2.47.